The zero-order valence-corrected chi connectivity index (χ0v) is 17.0. The number of methoxy groups -OCH3 is 1. The molecule has 166 valence electrons. The first-order valence-electron chi connectivity index (χ1n) is 9.35. The molecule has 31 heavy (non-hydrogen) atoms. The number of hydrogen-bond acceptors (Lipinski definition) is 4. The predicted octanol–water partition coefficient (Wildman–Crippen LogP) is 3.47. The molecule has 6 nitrogen and oxygen atoms in total. The number of benzene rings is 2. The maximum atomic E-state index is 12.2. The Morgan fingerprint density at radius 3 is 2.23 bits per heavy atom. The molecule has 0 aliphatic heterocycles. The average molecular weight is 436 g/mol. The molecule has 0 aliphatic rings. The summed E-state index contributed by atoms with van der Waals surface area (Å²) in [5.74, 6) is -0.0414. The number of halogens is 3. The average Bonchev–Trinajstić information content (AvgIpc) is 2.75. The van der Waals surface area contributed by atoms with Gasteiger partial charge in [0.25, 0.3) is 0 Å². The summed E-state index contributed by atoms with van der Waals surface area (Å²) in [5.41, 5.74) is 1.47. The van der Waals surface area contributed by atoms with Crippen LogP contribution in [0.25, 0.3) is 6.08 Å². The third kappa shape index (κ3) is 8.81. The lowest BCUT2D eigenvalue weighted by atomic mass is 10.2. The van der Waals surface area contributed by atoms with Crippen molar-refractivity contribution >= 4 is 17.9 Å². The van der Waals surface area contributed by atoms with Crippen molar-refractivity contribution in [2.24, 2.45) is 0 Å². The van der Waals surface area contributed by atoms with Gasteiger partial charge in [0.2, 0.25) is 11.8 Å². The van der Waals surface area contributed by atoms with E-state index in [9.17, 15) is 22.8 Å². The van der Waals surface area contributed by atoms with Crippen LogP contribution in [0.15, 0.2) is 54.6 Å². The lowest BCUT2D eigenvalue weighted by Crippen LogP contribution is -2.44. The summed E-state index contributed by atoms with van der Waals surface area (Å²) in [4.78, 5) is 24.2. The summed E-state index contributed by atoms with van der Waals surface area (Å²) in [5, 5.41) is 5.21. The lowest BCUT2D eigenvalue weighted by Gasteiger charge is -2.13. The van der Waals surface area contributed by atoms with Crippen molar-refractivity contribution in [3.63, 3.8) is 0 Å². The van der Waals surface area contributed by atoms with Crippen molar-refractivity contribution in [1.82, 2.24) is 10.6 Å². The van der Waals surface area contributed by atoms with E-state index in [0.29, 0.717) is 11.3 Å². The fraction of sp³-hybridized carbons (Fsp3) is 0.273. The standard InChI is InChI=1S/C22H23F3N2O4/c1-15(27-20(28)12-7-16-3-8-18(30-2)9-4-16)21(29)26-13-17-5-10-19(11-6-17)31-14-22(23,24)25/h3-12,15H,13-14H2,1-2H3,(H,26,29)(H,27,28)/b12-7+/t15-/m0/s1. The summed E-state index contributed by atoms with van der Waals surface area (Å²) in [6.45, 7) is 0.329. The first-order chi connectivity index (χ1) is 14.7. The normalized spacial score (nSPS) is 12.3. The lowest BCUT2D eigenvalue weighted by molar-refractivity contribution is -0.153. The molecular weight excluding hydrogens is 413 g/mol. The summed E-state index contributed by atoms with van der Waals surface area (Å²) in [7, 11) is 1.56. The molecule has 9 heteroatoms. The molecule has 0 fully saturated rings. The summed E-state index contributed by atoms with van der Waals surface area (Å²) < 4.78 is 46.1. The second kappa shape index (κ2) is 11.1. The Kier molecular flexibility index (Phi) is 8.48. The second-order valence-electron chi connectivity index (χ2n) is 6.60. The van der Waals surface area contributed by atoms with Gasteiger partial charge in [0, 0.05) is 12.6 Å². The van der Waals surface area contributed by atoms with Crippen LogP contribution in [0, 0.1) is 0 Å². The van der Waals surface area contributed by atoms with E-state index >= 15 is 0 Å². The highest BCUT2D eigenvalue weighted by Crippen LogP contribution is 2.18. The summed E-state index contributed by atoms with van der Waals surface area (Å²) >= 11 is 0. The predicted molar refractivity (Wildman–Crippen MR) is 109 cm³/mol. The summed E-state index contributed by atoms with van der Waals surface area (Å²) in [6.07, 6.45) is -1.47. The molecule has 2 N–H and O–H groups in total. The van der Waals surface area contributed by atoms with Crippen molar-refractivity contribution in [3.05, 3.63) is 65.7 Å². The maximum absolute atomic E-state index is 12.2. The van der Waals surface area contributed by atoms with E-state index in [4.69, 9.17) is 4.74 Å². The number of hydrogen-bond donors (Lipinski definition) is 2. The van der Waals surface area contributed by atoms with Gasteiger partial charge in [-0.2, -0.15) is 13.2 Å². The molecule has 0 aromatic heterocycles. The number of carbonyl (C=O) groups is 2. The van der Waals surface area contributed by atoms with Crippen molar-refractivity contribution < 1.29 is 32.2 Å². The number of amides is 2. The van der Waals surface area contributed by atoms with Crippen LogP contribution < -0.4 is 20.1 Å². The van der Waals surface area contributed by atoms with Gasteiger partial charge in [-0.15, -0.1) is 0 Å². The minimum absolute atomic E-state index is 0.0803. The van der Waals surface area contributed by atoms with E-state index in [-0.39, 0.29) is 12.3 Å². The van der Waals surface area contributed by atoms with Gasteiger partial charge < -0.3 is 20.1 Å². The van der Waals surface area contributed by atoms with Gasteiger partial charge in [-0.3, -0.25) is 9.59 Å². The maximum Gasteiger partial charge on any atom is 0.422 e. The van der Waals surface area contributed by atoms with Gasteiger partial charge in [-0.05, 0) is 48.4 Å². The molecule has 0 spiro atoms. The first kappa shape index (κ1) is 23.8. The highest BCUT2D eigenvalue weighted by molar-refractivity contribution is 5.95. The number of carbonyl (C=O) groups excluding carboxylic acids is 2. The fourth-order valence-electron chi connectivity index (χ4n) is 2.42. The van der Waals surface area contributed by atoms with Crippen molar-refractivity contribution in [2.45, 2.75) is 25.7 Å². The van der Waals surface area contributed by atoms with Crippen LogP contribution >= 0.6 is 0 Å². The molecule has 0 saturated carbocycles. The number of ether oxygens (including phenoxy) is 2. The van der Waals surface area contributed by atoms with Gasteiger partial charge in [-0.1, -0.05) is 24.3 Å². The van der Waals surface area contributed by atoms with E-state index in [1.165, 1.54) is 18.2 Å². The first-order valence-corrected chi connectivity index (χ1v) is 9.35. The van der Waals surface area contributed by atoms with E-state index in [1.807, 2.05) is 0 Å². The molecule has 1 atom stereocenters. The molecule has 2 aromatic carbocycles. The van der Waals surface area contributed by atoms with Crippen LogP contribution in [0.1, 0.15) is 18.1 Å². The van der Waals surface area contributed by atoms with Gasteiger partial charge >= 0.3 is 6.18 Å². The van der Waals surface area contributed by atoms with E-state index in [1.54, 1.807) is 56.5 Å². The Morgan fingerprint density at radius 1 is 1.03 bits per heavy atom. The van der Waals surface area contributed by atoms with Crippen LogP contribution in [-0.2, 0) is 16.1 Å². The summed E-state index contributed by atoms with van der Waals surface area (Å²) in [6, 6.07) is 12.2. The Labute approximate surface area is 178 Å². The number of alkyl halides is 3. The van der Waals surface area contributed by atoms with Gasteiger partial charge in [0.05, 0.1) is 7.11 Å². The van der Waals surface area contributed by atoms with Crippen molar-refractivity contribution in [1.29, 1.82) is 0 Å². The van der Waals surface area contributed by atoms with Gasteiger partial charge in [0.15, 0.2) is 6.61 Å². The van der Waals surface area contributed by atoms with E-state index < -0.39 is 30.6 Å². The van der Waals surface area contributed by atoms with Crippen LogP contribution in [-0.4, -0.2) is 37.7 Å². The van der Waals surface area contributed by atoms with Gasteiger partial charge in [0.1, 0.15) is 17.5 Å². The Morgan fingerprint density at radius 2 is 1.65 bits per heavy atom. The van der Waals surface area contributed by atoms with Crippen LogP contribution in [0.2, 0.25) is 0 Å². The Balaban J connectivity index is 1.77. The molecule has 2 aromatic rings. The zero-order chi connectivity index (χ0) is 22.9. The van der Waals surface area contributed by atoms with E-state index in [0.717, 1.165) is 5.56 Å². The van der Waals surface area contributed by atoms with Crippen LogP contribution in [0.4, 0.5) is 13.2 Å². The third-order valence-electron chi connectivity index (χ3n) is 4.09. The topological polar surface area (TPSA) is 76.7 Å². The largest absolute Gasteiger partial charge is 0.497 e. The quantitative estimate of drug-likeness (QED) is 0.591. The fourth-order valence-corrected chi connectivity index (χ4v) is 2.42. The minimum atomic E-state index is -4.41. The number of nitrogens with one attached hydrogen (secondary N) is 2. The number of rotatable bonds is 9. The zero-order valence-electron chi connectivity index (χ0n) is 17.0. The third-order valence-corrected chi connectivity index (χ3v) is 4.09. The Hall–Kier alpha value is -3.49. The SMILES string of the molecule is COc1ccc(/C=C/C(=O)N[C@@H](C)C(=O)NCc2ccc(OCC(F)(F)F)cc2)cc1. The van der Waals surface area contributed by atoms with Crippen molar-refractivity contribution in [2.75, 3.05) is 13.7 Å². The molecule has 0 unspecified atom stereocenters. The highest BCUT2D eigenvalue weighted by Gasteiger charge is 2.28. The smallest absolute Gasteiger partial charge is 0.422 e. The molecule has 2 rings (SSSR count). The molecular formula is C22H23F3N2O4. The van der Waals surface area contributed by atoms with Gasteiger partial charge in [-0.25, -0.2) is 0 Å². The molecule has 0 bridgehead atoms. The molecule has 0 saturated heterocycles. The highest BCUT2D eigenvalue weighted by atomic mass is 19.4. The molecule has 2 amide bonds. The Bertz CT molecular complexity index is 894. The molecule has 0 heterocycles. The van der Waals surface area contributed by atoms with Crippen LogP contribution in [0.3, 0.4) is 0 Å². The minimum Gasteiger partial charge on any atom is -0.497 e. The van der Waals surface area contributed by atoms with Crippen LogP contribution in [0.5, 0.6) is 11.5 Å². The van der Waals surface area contributed by atoms with Crippen molar-refractivity contribution in [3.8, 4) is 11.5 Å². The second-order valence-corrected chi connectivity index (χ2v) is 6.60. The molecule has 0 radical (unpaired) electrons. The molecule has 0 aliphatic carbocycles. The van der Waals surface area contributed by atoms with E-state index in [2.05, 4.69) is 15.4 Å². The monoisotopic (exact) mass is 436 g/mol.